The normalized spacial score (nSPS) is 12.5. The van der Waals surface area contributed by atoms with E-state index in [0.717, 1.165) is 5.56 Å². The van der Waals surface area contributed by atoms with Crippen molar-refractivity contribution in [1.82, 2.24) is 5.32 Å². The number of nitrogens with two attached hydrogens (primary N) is 1. The maximum absolute atomic E-state index is 12.8. The predicted octanol–water partition coefficient (Wildman–Crippen LogP) is 2.99. The van der Waals surface area contributed by atoms with Crippen molar-refractivity contribution in [2.75, 3.05) is 6.61 Å². The van der Waals surface area contributed by atoms with E-state index >= 15 is 0 Å². The zero-order valence-electron chi connectivity index (χ0n) is 13.0. The lowest BCUT2D eigenvalue weighted by atomic mass is 10.1. The Kier molecular flexibility index (Phi) is 6.14. The van der Waals surface area contributed by atoms with Gasteiger partial charge in [0.2, 0.25) is 0 Å². The molecule has 7 heteroatoms. The lowest BCUT2D eigenvalue weighted by molar-refractivity contribution is -0.126. The number of benzene rings is 2. The Bertz CT molecular complexity index is 718. The summed E-state index contributed by atoms with van der Waals surface area (Å²) in [5, 5.41) is 7.05. The molecule has 0 bridgehead atoms. The summed E-state index contributed by atoms with van der Waals surface area (Å²) in [5.41, 5.74) is 7.12. The molecular formula is C17H17ClFN3O2. The minimum atomic E-state index is -0.372. The number of carbonyl (C=O) groups excluding carboxylic acids is 1. The van der Waals surface area contributed by atoms with Gasteiger partial charge in [-0.25, -0.2) is 4.39 Å². The molecule has 126 valence electrons. The van der Waals surface area contributed by atoms with Crippen molar-refractivity contribution in [3.8, 4) is 0 Å². The van der Waals surface area contributed by atoms with Crippen molar-refractivity contribution < 1.29 is 14.0 Å². The number of nitrogens with zero attached hydrogens (tertiary/aromatic N) is 1. The highest BCUT2D eigenvalue weighted by Gasteiger charge is 2.10. The number of amidine groups is 1. The van der Waals surface area contributed by atoms with E-state index in [2.05, 4.69) is 10.5 Å². The van der Waals surface area contributed by atoms with Gasteiger partial charge in [-0.2, -0.15) is 0 Å². The molecule has 1 unspecified atom stereocenters. The molecule has 0 aliphatic rings. The first-order valence-corrected chi connectivity index (χ1v) is 7.59. The van der Waals surface area contributed by atoms with Crippen LogP contribution in [0.4, 0.5) is 4.39 Å². The average Bonchev–Trinajstić information content (AvgIpc) is 2.55. The molecule has 0 aliphatic heterocycles. The molecule has 5 nitrogen and oxygen atoms in total. The van der Waals surface area contributed by atoms with E-state index in [9.17, 15) is 9.18 Å². The van der Waals surface area contributed by atoms with Gasteiger partial charge in [0.05, 0.1) is 6.04 Å². The maximum Gasteiger partial charge on any atom is 0.261 e. The third-order valence-corrected chi connectivity index (χ3v) is 3.50. The fourth-order valence-electron chi connectivity index (χ4n) is 1.95. The third-order valence-electron chi connectivity index (χ3n) is 3.25. The van der Waals surface area contributed by atoms with Gasteiger partial charge in [0.1, 0.15) is 5.82 Å². The maximum atomic E-state index is 12.8. The first kappa shape index (κ1) is 17.7. The van der Waals surface area contributed by atoms with Gasteiger partial charge in [0.15, 0.2) is 12.4 Å². The Morgan fingerprint density at radius 2 is 1.88 bits per heavy atom. The van der Waals surface area contributed by atoms with Crippen LogP contribution in [-0.2, 0) is 9.63 Å². The topological polar surface area (TPSA) is 76.7 Å². The fourth-order valence-corrected chi connectivity index (χ4v) is 2.08. The van der Waals surface area contributed by atoms with Crippen LogP contribution < -0.4 is 11.1 Å². The Labute approximate surface area is 144 Å². The molecule has 0 saturated heterocycles. The number of amides is 1. The fraction of sp³-hybridized carbons (Fsp3) is 0.176. The largest absolute Gasteiger partial charge is 0.384 e. The van der Waals surface area contributed by atoms with Crippen LogP contribution in [0.25, 0.3) is 0 Å². The lowest BCUT2D eigenvalue weighted by Crippen LogP contribution is -2.30. The van der Waals surface area contributed by atoms with Gasteiger partial charge in [-0.1, -0.05) is 28.9 Å². The SMILES string of the molecule is CC(NC(=O)CO/N=C(\N)c1ccc(F)cc1)c1ccc(Cl)cc1. The number of hydrogen-bond acceptors (Lipinski definition) is 3. The minimum Gasteiger partial charge on any atom is -0.384 e. The van der Waals surface area contributed by atoms with Crippen molar-refractivity contribution >= 4 is 23.3 Å². The summed E-state index contributed by atoms with van der Waals surface area (Å²) < 4.78 is 12.8. The molecule has 2 aromatic rings. The second-order valence-corrected chi connectivity index (χ2v) is 5.53. The van der Waals surface area contributed by atoms with E-state index in [1.165, 1.54) is 24.3 Å². The number of halogens is 2. The van der Waals surface area contributed by atoms with Crippen molar-refractivity contribution in [3.63, 3.8) is 0 Å². The Morgan fingerprint density at radius 1 is 1.25 bits per heavy atom. The van der Waals surface area contributed by atoms with Crippen LogP contribution in [0.3, 0.4) is 0 Å². The van der Waals surface area contributed by atoms with Crippen LogP contribution in [0.5, 0.6) is 0 Å². The highest BCUT2D eigenvalue weighted by Crippen LogP contribution is 2.15. The summed E-state index contributed by atoms with van der Waals surface area (Å²) in [7, 11) is 0. The number of carbonyl (C=O) groups is 1. The molecule has 0 spiro atoms. The molecule has 3 N–H and O–H groups in total. The van der Waals surface area contributed by atoms with Gasteiger partial charge in [-0.15, -0.1) is 0 Å². The predicted molar refractivity (Wildman–Crippen MR) is 91.1 cm³/mol. The van der Waals surface area contributed by atoms with E-state index < -0.39 is 0 Å². The molecule has 0 aromatic heterocycles. The number of rotatable bonds is 6. The van der Waals surface area contributed by atoms with Crippen molar-refractivity contribution in [2.24, 2.45) is 10.9 Å². The van der Waals surface area contributed by atoms with E-state index in [-0.39, 0.29) is 30.2 Å². The van der Waals surface area contributed by atoms with Crippen LogP contribution in [0, 0.1) is 5.82 Å². The van der Waals surface area contributed by atoms with E-state index in [0.29, 0.717) is 10.6 Å². The van der Waals surface area contributed by atoms with Gasteiger partial charge in [-0.05, 0) is 48.9 Å². The summed E-state index contributed by atoms with van der Waals surface area (Å²) in [5.74, 6) is -0.648. The zero-order chi connectivity index (χ0) is 17.5. The zero-order valence-corrected chi connectivity index (χ0v) is 13.8. The quantitative estimate of drug-likeness (QED) is 0.478. The van der Waals surface area contributed by atoms with Crippen LogP contribution in [-0.4, -0.2) is 18.3 Å². The summed E-state index contributed by atoms with van der Waals surface area (Å²) in [6.07, 6.45) is 0. The molecule has 0 aliphatic carbocycles. The molecule has 1 amide bonds. The highest BCUT2D eigenvalue weighted by atomic mass is 35.5. The van der Waals surface area contributed by atoms with Crippen LogP contribution >= 0.6 is 11.6 Å². The Morgan fingerprint density at radius 3 is 2.50 bits per heavy atom. The van der Waals surface area contributed by atoms with Gasteiger partial charge >= 0.3 is 0 Å². The molecule has 0 fully saturated rings. The number of hydrogen-bond donors (Lipinski definition) is 2. The molecule has 0 saturated carbocycles. The van der Waals surface area contributed by atoms with E-state index in [1.54, 1.807) is 12.1 Å². The minimum absolute atomic E-state index is 0.0635. The van der Waals surface area contributed by atoms with Gasteiger partial charge in [0, 0.05) is 10.6 Å². The molecule has 2 rings (SSSR count). The highest BCUT2D eigenvalue weighted by molar-refractivity contribution is 6.30. The molecule has 0 radical (unpaired) electrons. The average molecular weight is 350 g/mol. The van der Waals surface area contributed by atoms with Crippen molar-refractivity contribution in [1.29, 1.82) is 0 Å². The summed E-state index contributed by atoms with van der Waals surface area (Å²) in [6, 6.07) is 12.4. The number of oxime groups is 1. The van der Waals surface area contributed by atoms with E-state index in [1.807, 2.05) is 19.1 Å². The van der Waals surface area contributed by atoms with Crippen LogP contribution in [0.2, 0.25) is 5.02 Å². The second kappa shape index (κ2) is 8.31. The molecular weight excluding hydrogens is 333 g/mol. The second-order valence-electron chi connectivity index (χ2n) is 5.10. The monoisotopic (exact) mass is 349 g/mol. The summed E-state index contributed by atoms with van der Waals surface area (Å²) >= 11 is 5.82. The molecule has 24 heavy (non-hydrogen) atoms. The van der Waals surface area contributed by atoms with Gasteiger partial charge in [0.25, 0.3) is 5.91 Å². The molecule has 1 atom stereocenters. The van der Waals surface area contributed by atoms with Gasteiger partial charge < -0.3 is 15.9 Å². The Balaban J connectivity index is 1.83. The molecule has 0 heterocycles. The number of nitrogens with one attached hydrogen (secondary N) is 1. The summed E-state index contributed by atoms with van der Waals surface area (Å²) in [6.45, 7) is 1.57. The van der Waals surface area contributed by atoms with Crippen LogP contribution in [0.15, 0.2) is 53.7 Å². The first-order chi connectivity index (χ1) is 11.5. The Hall–Kier alpha value is -2.60. The third kappa shape index (κ3) is 5.24. The first-order valence-electron chi connectivity index (χ1n) is 7.22. The van der Waals surface area contributed by atoms with Crippen molar-refractivity contribution in [3.05, 3.63) is 70.5 Å². The standard InChI is InChI=1S/C17H17ClFN3O2/c1-11(12-2-6-14(18)7-3-12)21-16(23)10-24-22-17(20)13-4-8-15(19)9-5-13/h2-9,11H,10H2,1H3,(H2,20,22)(H,21,23). The summed E-state index contributed by atoms with van der Waals surface area (Å²) in [4.78, 5) is 16.8. The van der Waals surface area contributed by atoms with Crippen molar-refractivity contribution in [2.45, 2.75) is 13.0 Å². The molecule has 2 aromatic carbocycles. The van der Waals surface area contributed by atoms with Crippen LogP contribution in [0.1, 0.15) is 24.1 Å². The van der Waals surface area contributed by atoms with Gasteiger partial charge in [-0.3, -0.25) is 4.79 Å². The van der Waals surface area contributed by atoms with E-state index in [4.69, 9.17) is 22.2 Å². The lowest BCUT2D eigenvalue weighted by Gasteiger charge is -2.13. The smallest absolute Gasteiger partial charge is 0.261 e.